The zero-order valence-electron chi connectivity index (χ0n) is 11.5. The van der Waals surface area contributed by atoms with Gasteiger partial charge in [0.2, 0.25) is 0 Å². The van der Waals surface area contributed by atoms with Crippen LogP contribution in [-0.2, 0) is 7.05 Å². The standard InChI is InChI=1S/C14H10N4O4/c1-16-12-5-3-2-4-11(12)15-14(16)10-7-6-9(17(19)20)8-13(10)18(21)22/h2-8H,1H3. The summed E-state index contributed by atoms with van der Waals surface area (Å²) < 4.78 is 1.73. The van der Waals surface area contributed by atoms with Crippen LogP contribution in [0.4, 0.5) is 11.4 Å². The van der Waals surface area contributed by atoms with Crippen molar-refractivity contribution < 1.29 is 9.85 Å². The Balaban J connectivity index is 2.28. The maximum absolute atomic E-state index is 11.2. The van der Waals surface area contributed by atoms with E-state index in [4.69, 9.17) is 0 Å². The van der Waals surface area contributed by atoms with E-state index in [9.17, 15) is 20.2 Å². The van der Waals surface area contributed by atoms with Gasteiger partial charge in [-0.05, 0) is 18.2 Å². The number of rotatable bonds is 3. The second kappa shape index (κ2) is 4.92. The number of non-ortho nitro benzene ring substituents is 1. The van der Waals surface area contributed by atoms with Gasteiger partial charge < -0.3 is 4.57 Å². The molecule has 0 aliphatic heterocycles. The van der Waals surface area contributed by atoms with Crippen LogP contribution in [0.2, 0.25) is 0 Å². The molecular weight excluding hydrogens is 288 g/mol. The highest BCUT2D eigenvalue weighted by atomic mass is 16.6. The van der Waals surface area contributed by atoms with Gasteiger partial charge in [0.05, 0.1) is 32.5 Å². The molecule has 2 aromatic carbocycles. The van der Waals surface area contributed by atoms with Crippen LogP contribution in [0, 0.1) is 20.2 Å². The summed E-state index contributed by atoms with van der Waals surface area (Å²) in [4.78, 5) is 25.1. The summed E-state index contributed by atoms with van der Waals surface area (Å²) in [6.45, 7) is 0. The molecule has 0 saturated heterocycles. The molecule has 8 nitrogen and oxygen atoms in total. The van der Waals surface area contributed by atoms with Gasteiger partial charge in [0.25, 0.3) is 11.4 Å². The zero-order valence-corrected chi connectivity index (χ0v) is 11.5. The number of nitro groups is 2. The van der Waals surface area contributed by atoms with Crippen LogP contribution in [-0.4, -0.2) is 19.4 Å². The van der Waals surface area contributed by atoms with Crippen molar-refractivity contribution in [3.05, 3.63) is 62.7 Å². The average Bonchev–Trinajstić information content (AvgIpc) is 2.84. The van der Waals surface area contributed by atoms with Crippen molar-refractivity contribution in [3.8, 4) is 11.4 Å². The van der Waals surface area contributed by atoms with E-state index in [1.165, 1.54) is 12.1 Å². The quantitative estimate of drug-likeness (QED) is 0.546. The molecule has 0 spiro atoms. The first-order chi connectivity index (χ1) is 10.5. The molecule has 8 heteroatoms. The zero-order chi connectivity index (χ0) is 15.9. The lowest BCUT2D eigenvalue weighted by Gasteiger charge is -2.03. The fourth-order valence-corrected chi connectivity index (χ4v) is 2.36. The summed E-state index contributed by atoms with van der Waals surface area (Å²) in [6, 6.07) is 10.9. The summed E-state index contributed by atoms with van der Waals surface area (Å²) in [5.74, 6) is 0.391. The van der Waals surface area contributed by atoms with E-state index in [2.05, 4.69) is 4.98 Å². The summed E-state index contributed by atoms with van der Waals surface area (Å²) in [6.07, 6.45) is 0. The number of hydrogen-bond acceptors (Lipinski definition) is 5. The Hall–Kier alpha value is -3.29. The molecule has 0 aliphatic carbocycles. The van der Waals surface area contributed by atoms with Crippen molar-refractivity contribution in [1.82, 2.24) is 9.55 Å². The predicted molar refractivity (Wildman–Crippen MR) is 79.5 cm³/mol. The largest absolute Gasteiger partial charge is 0.327 e. The predicted octanol–water partition coefficient (Wildman–Crippen LogP) is 3.06. The average molecular weight is 298 g/mol. The molecule has 0 aliphatic rings. The van der Waals surface area contributed by atoms with Gasteiger partial charge in [-0.1, -0.05) is 12.1 Å². The first kappa shape index (κ1) is 13.7. The minimum atomic E-state index is -0.661. The Bertz CT molecular complexity index is 916. The number of benzene rings is 2. The molecule has 1 aromatic heterocycles. The van der Waals surface area contributed by atoms with Gasteiger partial charge in [-0.15, -0.1) is 0 Å². The minimum absolute atomic E-state index is 0.245. The van der Waals surface area contributed by atoms with Crippen LogP contribution in [0.25, 0.3) is 22.4 Å². The Morgan fingerprint density at radius 3 is 2.41 bits per heavy atom. The second-order valence-electron chi connectivity index (χ2n) is 4.70. The smallest absolute Gasteiger partial charge is 0.287 e. The molecule has 0 saturated carbocycles. The third-order valence-electron chi connectivity index (χ3n) is 3.42. The molecule has 0 atom stereocenters. The van der Waals surface area contributed by atoms with E-state index >= 15 is 0 Å². The number of imidazole rings is 1. The molecule has 1 heterocycles. The molecule has 0 amide bonds. The minimum Gasteiger partial charge on any atom is -0.327 e. The number of nitro benzene ring substituents is 2. The summed E-state index contributed by atoms with van der Waals surface area (Å²) in [5, 5.41) is 22.0. The molecule has 0 bridgehead atoms. The highest BCUT2D eigenvalue weighted by molar-refractivity contribution is 5.83. The summed E-state index contributed by atoms with van der Waals surface area (Å²) in [5.41, 5.74) is 1.11. The van der Waals surface area contributed by atoms with Crippen molar-refractivity contribution in [1.29, 1.82) is 0 Å². The van der Waals surface area contributed by atoms with Crippen molar-refractivity contribution in [2.75, 3.05) is 0 Å². The maximum atomic E-state index is 11.2. The lowest BCUT2D eigenvalue weighted by molar-refractivity contribution is -0.393. The molecule has 0 unspecified atom stereocenters. The van der Waals surface area contributed by atoms with E-state index in [1.54, 1.807) is 17.7 Å². The third kappa shape index (κ3) is 2.06. The number of fused-ring (bicyclic) bond motifs is 1. The van der Waals surface area contributed by atoms with E-state index in [0.29, 0.717) is 11.3 Å². The molecule has 0 radical (unpaired) electrons. The Morgan fingerprint density at radius 1 is 1.05 bits per heavy atom. The molecule has 3 rings (SSSR count). The number of nitrogens with zero attached hydrogens (tertiary/aromatic N) is 4. The highest BCUT2D eigenvalue weighted by Gasteiger charge is 2.23. The van der Waals surface area contributed by atoms with Crippen molar-refractivity contribution >= 4 is 22.4 Å². The van der Waals surface area contributed by atoms with Crippen LogP contribution in [0.5, 0.6) is 0 Å². The highest BCUT2D eigenvalue weighted by Crippen LogP contribution is 2.33. The van der Waals surface area contributed by atoms with Crippen LogP contribution in [0.1, 0.15) is 0 Å². The second-order valence-corrected chi connectivity index (χ2v) is 4.70. The molecule has 110 valence electrons. The van der Waals surface area contributed by atoms with E-state index < -0.39 is 9.85 Å². The van der Waals surface area contributed by atoms with Crippen LogP contribution >= 0.6 is 0 Å². The van der Waals surface area contributed by atoms with Crippen molar-refractivity contribution in [3.63, 3.8) is 0 Å². The Labute approximate surface area is 123 Å². The summed E-state index contributed by atoms with van der Waals surface area (Å²) in [7, 11) is 1.75. The molecular formula is C14H10N4O4. The van der Waals surface area contributed by atoms with Gasteiger partial charge in [-0.25, -0.2) is 4.98 Å². The van der Waals surface area contributed by atoms with Gasteiger partial charge in [0, 0.05) is 13.1 Å². The van der Waals surface area contributed by atoms with Crippen LogP contribution in [0.3, 0.4) is 0 Å². The molecule has 3 aromatic rings. The fourth-order valence-electron chi connectivity index (χ4n) is 2.36. The number of aromatic nitrogens is 2. The number of aryl methyl sites for hydroxylation is 1. The van der Waals surface area contributed by atoms with E-state index in [-0.39, 0.29) is 16.9 Å². The first-order valence-corrected chi connectivity index (χ1v) is 6.33. The first-order valence-electron chi connectivity index (χ1n) is 6.33. The maximum Gasteiger partial charge on any atom is 0.287 e. The van der Waals surface area contributed by atoms with E-state index in [0.717, 1.165) is 11.6 Å². The topological polar surface area (TPSA) is 104 Å². The van der Waals surface area contributed by atoms with Crippen molar-refractivity contribution in [2.45, 2.75) is 0 Å². The fraction of sp³-hybridized carbons (Fsp3) is 0.0714. The van der Waals surface area contributed by atoms with Gasteiger partial charge in [-0.3, -0.25) is 20.2 Å². The summed E-state index contributed by atoms with van der Waals surface area (Å²) >= 11 is 0. The molecule has 0 fully saturated rings. The normalized spacial score (nSPS) is 10.8. The Kier molecular flexibility index (Phi) is 3.06. The van der Waals surface area contributed by atoms with Gasteiger partial charge in [-0.2, -0.15) is 0 Å². The molecule has 0 N–H and O–H groups in total. The van der Waals surface area contributed by atoms with Gasteiger partial charge in [0.15, 0.2) is 0 Å². The SMILES string of the molecule is Cn1c(-c2ccc([N+](=O)[O-])cc2[N+](=O)[O-])nc2ccccc21. The third-order valence-corrected chi connectivity index (χ3v) is 3.42. The lowest BCUT2D eigenvalue weighted by atomic mass is 10.1. The Morgan fingerprint density at radius 2 is 1.77 bits per heavy atom. The molecule has 22 heavy (non-hydrogen) atoms. The van der Waals surface area contributed by atoms with Crippen LogP contribution in [0.15, 0.2) is 42.5 Å². The van der Waals surface area contributed by atoms with Crippen molar-refractivity contribution in [2.24, 2.45) is 7.05 Å². The van der Waals surface area contributed by atoms with Gasteiger partial charge in [0.1, 0.15) is 5.82 Å². The van der Waals surface area contributed by atoms with E-state index in [1.807, 2.05) is 18.2 Å². The van der Waals surface area contributed by atoms with Gasteiger partial charge >= 0.3 is 0 Å². The number of para-hydroxylation sites is 2. The monoisotopic (exact) mass is 298 g/mol. The van der Waals surface area contributed by atoms with Crippen LogP contribution < -0.4 is 0 Å². The lowest BCUT2D eigenvalue weighted by Crippen LogP contribution is -1.99. The number of hydrogen-bond donors (Lipinski definition) is 0.